The summed E-state index contributed by atoms with van der Waals surface area (Å²) >= 11 is 0. The van der Waals surface area contributed by atoms with Gasteiger partial charge >= 0.3 is 11.6 Å². The summed E-state index contributed by atoms with van der Waals surface area (Å²) in [5, 5.41) is 3.67. The molecule has 0 radical (unpaired) electrons. The Hall–Kier alpha value is -3.09. The predicted octanol–water partition coefficient (Wildman–Crippen LogP) is 3.21. The van der Waals surface area contributed by atoms with Crippen LogP contribution in [-0.2, 0) is 27.2 Å². The summed E-state index contributed by atoms with van der Waals surface area (Å²) in [4.78, 5) is 35.8. The molecule has 1 aromatic carbocycles. The molecular formula is C24H27NO6. The first-order valence-electron chi connectivity index (χ1n) is 10.9. The van der Waals surface area contributed by atoms with Gasteiger partial charge in [-0.15, -0.1) is 0 Å². The Morgan fingerprint density at radius 1 is 1.03 bits per heavy atom. The molecule has 0 atom stereocenters. The predicted molar refractivity (Wildman–Crippen MR) is 115 cm³/mol. The molecule has 1 N–H and O–H groups in total. The first kappa shape index (κ1) is 21.2. The van der Waals surface area contributed by atoms with Crippen molar-refractivity contribution in [3.63, 3.8) is 0 Å². The number of ether oxygens (including phenoxy) is 2. The zero-order chi connectivity index (χ0) is 21.6. The topological polar surface area (TPSA) is 94.8 Å². The van der Waals surface area contributed by atoms with Gasteiger partial charge in [0.15, 0.2) is 13.2 Å². The van der Waals surface area contributed by atoms with Crippen LogP contribution < -0.4 is 15.7 Å². The van der Waals surface area contributed by atoms with Crippen molar-refractivity contribution in [3.05, 3.63) is 51.4 Å². The Morgan fingerprint density at radius 3 is 2.74 bits per heavy atom. The molecule has 1 aromatic heterocycles. The van der Waals surface area contributed by atoms with Crippen LogP contribution in [0.3, 0.4) is 0 Å². The molecule has 0 saturated carbocycles. The van der Waals surface area contributed by atoms with Gasteiger partial charge in [-0.3, -0.25) is 4.79 Å². The van der Waals surface area contributed by atoms with Crippen LogP contribution in [0.2, 0.25) is 0 Å². The smallest absolute Gasteiger partial charge is 0.344 e. The second kappa shape index (κ2) is 9.81. The summed E-state index contributed by atoms with van der Waals surface area (Å²) in [6.07, 6.45) is 10.3. The van der Waals surface area contributed by atoms with Crippen molar-refractivity contribution < 1.29 is 23.5 Å². The highest BCUT2D eigenvalue weighted by Crippen LogP contribution is 2.29. The zero-order valence-corrected chi connectivity index (χ0v) is 17.5. The van der Waals surface area contributed by atoms with Gasteiger partial charge in [0.05, 0.1) is 0 Å². The SMILES string of the molecule is O=C(COC(=O)COc1ccc2c3c(c(=O)oc2c1)CCC3)NCCC1=CCCCC1. The number of rotatable bonds is 8. The van der Waals surface area contributed by atoms with Gasteiger partial charge in [0.1, 0.15) is 11.3 Å². The molecule has 7 nitrogen and oxygen atoms in total. The Labute approximate surface area is 180 Å². The molecule has 0 fully saturated rings. The second-order valence-electron chi connectivity index (χ2n) is 8.02. The molecule has 0 bridgehead atoms. The summed E-state index contributed by atoms with van der Waals surface area (Å²) in [5.41, 5.74) is 3.33. The number of fused-ring (bicyclic) bond motifs is 3. The highest BCUT2D eigenvalue weighted by Gasteiger charge is 2.20. The molecule has 0 spiro atoms. The van der Waals surface area contributed by atoms with E-state index in [1.54, 1.807) is 12.1 Å². The summed E-state index contributed by atoms with van der Waals surface area (Å²) in [6.45, 7) is -0.120. The van der Waals surface area contributed by atoms with E-state index >= 15 is 0 Å². The monoisotopic (exact) mass is 425 g/mol. The molecule has 31 heavy (non-hydrogen) atoms. The van der Waals surface area contributed by atoms with E-state index in [0.29, 0.717) is 17.9 Å². The molecule has 0 aliphatic heterocycles. The van der Waals surface area contributed by atoms with Crippen LogP contribution in [0, 0.1) is 0 Å². The molecule has 4 rings (SSSR count). The van der Waals surface area contributed by atoms with Crippen molar-refractivity contribution in [2.24, 2.45) is 0 Å². The van der Waals surface area contributed by atoms with Crippen LogP contribution in [0.25, 0.3) is 11.0 Å². The highest BCUT2D eigenvalue weighted by molar-refractivity contribution is 5.83. The third-order valence-electron chi connectivity index (χ3n) is 5.82. The number of aryl methyl sites for hydroxylation is 1. The number of nitrogens with one attached hydrogen (secondary N) is 1. The van der Waals surface area contributed by atoms with E-state index < -0.39 is 5.97 Å². The maximum atomic E-state index is 12.1. The highest BCUT2D eigenvalue weighted by atomic mass is 16.6. The Bertz CT molecular complexity index is 1070. The molecule has 2 aliphatic rings. The average molecular weight is 425 g/mol. The molecule has 2 aliphatic carbocycles. The average Bonchev–Trinajstić information content (AvgIpc) is 3.28. The van der Waals surface area contributed by atoms with E-state index in [1.165, 1.54) is 18.4 Å². The summed E-state index contributed by atoms with van der Waals surface area (Å²) in [6, 6.07) is 5.19. The Kier molecular flexibility index (Phi) is 6.70. The minimum absolute atomic E-state index is 0.303. The van der Waals surface area contributed by atoms with Gasteiger partial charge in [-0.1, -0.05) is 11.6 Å². The summed E-state index contributed by atoms with van der Waals surface area (Å²) < 4.78 is 15.8. The van der Waals surface area contributed by atoms with Crippen LogP contribution in [0.5, 0.6) is 5.75 Å². The van der Waals surface area contributed by atoms with Gasteiger partial charge in [-0.25, -0.2) is 9.59 Å². The van der Waals surface area contributed by atoms with Crippen molar-refractivity contribution in [2.45, 2.75) is 51.4 Å². The fraction of sp³-hybridized carbons (Fsp3) is 0.458. The molecule has 0 saturated heterocycles. The van der Waals surface area contributed by atoms with Crippen LogP contribution in [-0.4, -0.2) is 31.6 Å². The molecule has 1 amide bonds. The molecule has 2 aromatic rings. The van der Waals surface area contributed by atoms with E-state index in [1.807, 2.05) is 6.07 Å². The number of hydrogen-bond acceptors (Lipinski definition) is 6. The van der Waals surface area contributed by atoms with Crippen LogP contribution in [0.4, 0.5) is 0 Å². The van der Waals surface area contributed by atoms with Crippen LogP contribution in [0.15, 0.2) is 39.1 Å². The van der Waals surface area contributed by atoms with Gasteiger partial charge < -0.3 is 19.2 Å². The number of carbonyl (C=O) groups excluding carboxylic acids is 2. The Morgan fingerprint density at radius 2 is 1.90 bits per heavy atom. The van der Waals surface area contributed by atoms with Gasteiger partial charge in [0.2, 0.25) is 0 Å². The zero-order valence-electron chi connectivity index (χ0n) is 17.5. The normalized spacial score (nSPS) is 15.3. The number of esters is 1. The van der Waals surface area contributed by atoms with Crippen molar-refractivity contribution in [2.75, 3.05) is 19.8 Å². The quantitative estimate of drug-likeness (QED) is 0.396. The standard InChI is InChI=1S/C24H27NO6/c26-22(25-12-11-16-5-2-1-3-6-16)14-30-23(27)15-29-17-9-10-19-18-7-4-8-20(18)24(28)31-21(19)13-17/h5,9-10,13H,1-4,6-8,11-12,14-15H2,(H,25,26). The Balaban J connectivity index is 1.22. The van der Waals surface area contributed by atoms with Crippen molar-refractivity contribution in [1.29, 1.82) is 0 Å². The van der Waals surface area contributed by atoms with Crippen molar-refractivity contribution >= 4 is 22.8 Å². The molecule has 164 valence electrons. The molecular weight excluding hydrogens is 398 g/mol. The number of amides is 1. The molecule has 0 unspecified atom stereocenters. The van der Waals surface area contributed by atoms with Gasteiger partial charge in [0, 0.05) is 23.6 Å². The molecule has 7 heteroatoms. The lowest BCUT2D eigenvalue weighted by Crippen LogP contribution is -2.30. The lowest BCUT2D eigenvalue weighted by molar-refractivity contribution is -0.150. The van der Waals surface area contributed by atoms with Gasteiger partial charge in [0.25, 0.3) is 5.91 Å². The largest absolute Gasteiger partial charge is 0.482 e. The maximum absolute atomic E-state index is 12.1. The summed E-state index contributed by atoms with van der Waals surface area (Å²) in [5.74, 6) is -0.567. The van der Waals surface area contributed by atoms with Crippen molar-refractivity contribution in [1.82, 2.24) is 5.32 Å². The van der Waals surface area contributed by atoms with Crippen LogP contribution in [0.1, 0.15) is 49.7 Å². The molecule has 1 heterocycles. The second-order valence-corrected chi connectivity index (χ2v) is 8.02. The fourth-order valence-corrected chi connectivity index (χ4v) is 4.23. The third-order valence-corrected chi connectivity index (χ3v) is 5.82. The minimum Gasteiger partial charge on any atom is -0.482 e. The van der Waals surface area contributed by atoms with Gasteiger partial charge in [-0.05, 0) is 69.1 Å². The van der Waals surface area contributed by atoms with Crippen molar-refractivity contribution in [3.8, 4) is 5.75 Å². The third kappa shape index (κ3) is 5.34. The fourth-order valence-electron chi connectivity index (χ4n) is 4.23. The van der Waals surface area contributed by atoms with Gasteiger partial charge in [-0.2, -0.15) is 0 Å². The number of benzene rings is 1. The first-order chi connectivity index (χ1) is 15.1. The van der Waals surface area contributed by atoms with E-state index in [4.69, 9.17) is 13.9 Å². The van der Waals surface area contributed by atoms with E-state index in [9.17, 15) is 14.4 Å². The lowest BCUT2D eigenvalue weighted by Gasteiger charge is -2.13. The number of hydrogen-bond donors (Lipinski definition) is 1. The minimum atomic E-state index is -0.638. The van der Waals surface area contributed by atoms with E-state index in [0.717, 1.165) is 55.0 Å². The lowest BCUT2D eigenvalue weighted by atomic mass is 9.97. The number of carbonyl (C=O) groups is 2. The van der Waals surface area contributed by atoms with E-state index in [-0.39, 0.29) is 24.7 Å². The van der Waals surface area contributed by atoms with E-state index in [2.05, 4.69) is 11.4 Å². The number of allylic oxidation sites excluding steroid dienone is 1. The van der Waals surface area contributed by atoms with Crippen LogP contribution >= 0.6 is 0 Å². The first-order valence-corrected chi connectivity index (χ1v) is 10.9. The maximum Gasteiger partial charge on any atom is 0.344 e. The summed E-state index contributed by atoms with van der Waals surface area (Å²) in [7, 11) is 0.